The average molecular weight is 260 g/mol. The molecule has 0 saturated heterocycles. The molecule has 0 amide bonds. The van der Waals surface area contributed by atoms with E-state index in [0.29, 0.717) is 18.2 Å². The van der Waals surface area contributed by atoms with Gasteiger partial charge >= 0.3 is 5.97 Å². The third-order valence-corrected chi connectivity index (χ3v) is 2.81. The summed E-state index contributed by atoms with van der Waals surface area (Å²) in [4.78, 5) is 11.1. The van der Waals surface area contributed by atoms with Gasteiger partial charge in [0.15, 0.2) is 0 Å². The Morgan fingerprint density at radius 1 is 1.53 bits per heavy atom. The first-order chi connectivity index (χ1) is 8.10. The number of halogens is 1. The van der Waals surface area contributed by atoms with E-state index in [1.54, 1.807) is 11.6 Å². The molecule has 1 aromatic rings. The van der Waals surface area contributed by atoms with Gasteiger partial charge in [0.25, 0.3) is 0 Å². The molecule has 0 bridgehead atoms. The van der Waals surface area contributed by atoms with Crippen LogP contribution in [0.3, 0.4) is 0 Å². The van der Waals surface area contributed by atoms with Crippen LogP contribution in [0.15, 0.2) is 0 Å². The van der Waals surface area contributed by atoms with Crippen molar-refractivity contribution in [3.05, 3.63) is 16.4 Å². The number of carbonyl (C=O) groups is 1. The number of rotatable bonds is 6. The first-order valence-corrected chi connectivity index (χ1v) is 6.04. The summed E-state index contributed by atoms with van der Waals surface area (Å²) in [5, 5.41) is 7.95. The minimum atomic E-state index is -0.262. The number of esters is 1. The average Bonchev–Trinajstić information content (AvgIpc) is 2.56. The van der Waals surface area contributed by atoms with Crippen LogP contribution in [-0.2, 0) is 29.5 Å². The Hall–Kier alpha value is -1.07. The maximum Gasteiger partial charge on any atom is 0.319 e. The number of hydrogen-bond donors (Lipinski definition) is 1. The summed E-state index contributed by atoms with van der Waals surface area (Å²) in [7, 11) is 1.84. The summed E-state index contributed by atoms with van der Waals surface area (Å²) in [6, 6.07) is 0. The van der Waals surface area contributed by atoms with Crippen molar-refractivity contribution in [2.45, 2.75) is 26.8 Å². The Bertz CT molecular complexity index is 390. The molecule has 0 unspecified atom stereocenters. The number of nitrogens with zero attached hydrogens (tertiary/aromatic N) is 2. The second kappa shape index (κ2) is 6.61. The third kappa shape index (κ3) is 3.71. The Labute approximate surface area is 106 Å². The monoisotopic (exact) mass is 259 g/mol. The second-order valence-corrected chi connectivity index (χ2v) is 3.97. The van der Waals surface area contributed by atoms with Gasteiger partial charge in [0.1, 0.15) is 0 Å². The van der Waals surface area contributed by atoms with Crippen LogP contribution < -0.4 is 5.32 Å². The van der Waals surface area contributed by atoms with Crippen LogP contribution in [0, 0.1) is 0 Å². The van der Waals surface area contributed by atoms with E-state index in [1.807, 2.05) is 14.0 Å². The highest BCUT2D eigenvalue weighted by Crippen LogP contribution is 2.20. The predicted molar refractivity (Wildman–Crippen MR) is 65.9 cm³/mol. The van der Waals surface area contributed by atoms with Crippen LogP contribution in [0.1, 0.15) is 25.2 Å². The molecule has 1 aromatic heterocycles. The fourth-order valence-corrected chi connectivity index (χ4v) is 1.87. The van der Waals surface area contributed by atoms with E-state index in [-0.39, 0.29) is 12.5 Å². The summed E-state index contributed by atoms with van der Waals surface area (Å²) in [5.74, 6) is -0.262. The lowest BCUT2D eigenvalue weighted by atomic mass is 10.3. The summed E-state index contributed by atoms with van der Waals surface area (Å²) >= 11 is 6.17. The van der Waals surface area contributed by atoms with Crippen LogP contribution in [0.5, 0.6) is 0 Å². The quantitative estimate of drug-likeness (QED) is 0.782. The lowest BCUT2D eigenvalue weighted by Crippen LogP contribution is -2.25. The van der Waals surface area contributed by atoms with Gasteiger partial charge in [-0.15, -0.1) is 0 Å². The Kier molecular flexibility index (Phi) is 5.44. The van der Waals surface area contributed by atoms with Gasteiger partial charge in [-0.1, -0.05) is 18.5 Å². The molecule has 0 spiro atoms. The van der Waals surface area contributed by atoms with Crippen LogP contribution in [0.2, 0.25) is 5.02 Å². The number of carbonyl (C=O) groups excluding carboxylic acids is 1. The van der Waals surface area contributed by atoms with Gasteiger partial charge in [0.2, 0.25) is 0 Å². The highest BCUT2D eigenvalue weighted by molar-refractivity contribution is 6.31. The number of hydrogen-bond acceptors (Lipinski definition) is 4. The lowest BCUT2D eigenvalue weighted by Gasteiger charge is -2.05. The Balaban J connectivity index is 2.52. The summed E-state index contributed by atoms with van der Waals surface area (Å²) in [6.07, 6.45) is 0.796. The van der Waals surface area contributed by atoms with E-state index >= 15 is 0 Å². The molecular weight excluding hydrogens is 242 g/mol. The maximum atomic E-state index is 11.1. The summed E-state index contributed by atoms with van der Waals surface area (Å²) in [6.45, 7) is 4.86. The van der Waals surface area contributed by atoms with Crippen LogP contribution in [0.4, 0.5) is 0 Å². The zero-order valence-corrected chi connectivity index (χ0v) is 11.2. The van der Waals surface area contributed by atoms with E-state index in [4.69, 9.17) is 16.3 Å². The van der Waals surface area contributed by atoms with Gasteiger partial charge in [0, 0.05) is 13.6 Å². The van der Waals surface area contributed by atoms with Gasteiger partial charge < -0.3 is 10.1 Å². The van der Waals surface area contributed by atoms with Crippen molar-refractivity contribution in [3.63, 3.8) is 0 Å². The van der Waals surface area contributed by atoms with Crippen molar-refractivity contribution >= 4 is 17.6 Å². The number of ether oxygens (including phenoxy) is 1. The topological polar surface area (TPSA) is 56.1 Å². The van der Waals surface area contributed by atoms with Crippen molar-refractivity contribution < 1.29 is 9.53 Å². The lowest BCUT2D eigenvalue weighted by molar-refractivity contribution is -0.142. The highest BCUT2D eigenvalue weighted by Gasteiger charge is 2.12. The van der Waals surface area contributed by atoms with E-state index < -0.39 is 0 Å². The molecule has 0 saturated carbocycles. The first kappa shape index (κ1) is 14.0. The molecule has 0 aliphatic rings. The minimum absolute atomic E-state index is 0.177. The molecule has 0 atom stereocenters. The van der Waals surface area contributed by atoms with E-state index in [1.165, 1.54) is 0 Å². The van der Waals surface area contributed by atoms with E-state index in [2.05, 4.69) is 10.4 Å². The Morgan fingerprint density at radius 2 is 2.24 bits per heavy atom. The predicted octanol–water partition coefficient (Wildman–Crippen LogP) is 1.29. The van der Waals surface area contributed by atoms with Gasteiger partial charge in [-0.3, -0.25) is 9.48 Å². The fraction of sp³-hybridized carbons (Fsp3) is 0.636. The molecule has 1 heterocycles. The van der Waals surface area contributed by atoms with Gasteiger partial charge in [-0.05, 0) is 13.3 Å². The van der Waals surface area contributed by atoms with Crippen LogP contribution in [-0.4, -0.2) is 28.9 Å². The molecular formula is C11H18ClN3O2. The fourth-order valence-electron chi connectivity index (χ4n) is 1.51. The van der Waals surface area contributed by atoms with Gasteiger partial charge in [-0.2, -0.15) is 5.10 Å². The van der Waals surface area contributed by atoms with Gasteiger partial charge in [0.05, 0.1) is 29.6 Å². The zero-order valence-electron chi connectivity index (χ0n) is 10.4. The van der Waals surface area contributed by atoms with Crippen LogP contribution in [0.25, 0.3) is 0 Å². The molecule has 0 aliphatic heterocycles. The molecule has 96 valence electrons. The zero-order chi connectivity index (χ0) is 12.8. The molecule has 0 aromatic carbocycles. The molecule has 0 aliphatic carbocycles. The third-order valence-electron chi connectivity index (χ3n) is 2.37. The van der Waals surface area contributed by atoms with E-state index in [9.17, 15) is 4.79 Å². The molecule has 5 nitrogen and oxygen atoms in total. The van der Waals surface area contributed by atoms with Crippen molar-refractivity contribution in [2.24, 2.45) is 7.05 Å². The number of nitrogens with one attached hydrogen (secondary N) is 1. The SMILES string of the molecule is CCOC(=O)CNCc1c(Cl)c(CC)nn1C. The molecule has 0 fully saturated rings. The van der Waals surface area contributed by atoms with Gasteiger partial charge in [-0.25, -0.2) is 0 Å². The van der Waals surface area contributed by atoms with Crippen molar-refractivity contribution in [1.29, 1.82) is 0 Å². The highest BCUT2D eigenvalue weighted by atomic mass is 35.5. The summed E-state index contributed by atoms with van der Waals surface area (Å²) in [5.41, 5.74) is 1.76. The normalized spacial score (nSPS) is 10.6. The molecule has 6 heteroatoms. The minimum Gasteiger partial charge on any atom is -0.465 e. The molecule has 1 N–H and O–H groups in total. The smallest absolute Gasteiger partial charge is 0.319 e. The second-order valence-electron chi connectivity index (χ2n) is 3.59. The van der Waals surface area contributed by atoms with Crippen molar-refractivity contribution in [3.8, 4) is 0 Å². The Morgan fingerprint density at radius 3 is 2.76 bits per heavy atom. The van der Waals surface area contributed by atoms with Crippen molar-refractivity contribution in [2.75, 3.05) is 13.2 Å². The largest absolute Gasteiger partial charge is 0.465 e. The van der Waals surface area contributed by atoms with Crippen molar-refractivity contribution in [1.82, 2.24) is 15.1 Å². The summed E-state index contributed by atoms with van der Waals surface area (Å²) < 4.78 is 6.55. The standard InChI is InChI=1S/C11H18ClN3O2/c1-4-8-11(12)9(15(3)14-8)6-13-7-10(16)17-5-2/h13H,4-7H2,1-3H3. The number of aryl methyl sites for hydroxylation is 2. The number of aromatic nitrogens is 2. The van der Waals surface area contributed by atoms with E-state index in [0.717, 1.165) is 17.8 Å². The molecule has 1 rings (SSSR count). The maximum absolute atomic E-state index is 11.1. The molecule has 17 heavy (non-hydrogen) atoms. The van der Waals surface area contributed by atoms with Crippen LogP contribution >= 0.6 is 11.6 Å². The first-order valence-electron chi connectivity index (χ1n) is 5.66. The molecule has 0 radical (unpaired) electrons.